The number of aldehydes is 1. The van der Waals surface area contributed by atoms with Crippen molar-refractivity contribution in [2.24, 2.45) is 5.92 Å². The molecule has 132 valence electrons. The second kappa shape index (κ2) is 7.18. The van der Waals surface area contributed by atoms with Gasteiger partial charge in [-0.05, 0) is 63.3 Å². The Hall–Kier alpha value is -1.48. The van der Waals surface area contributed by atoms with Gasteiger partial charge in [-0.2, -0.15) is 0 Å². The number of carbonyl (C=O) groups is 1. The highest BCUT2D eigenvalue weighted by molar-refractivity contribution is 6.34. The van der Waals surface area contributed by atoms with Gasteiger partial charge in [0.15, 0.2) is 5.75 Å². The lowest BCUT2D eigenvalue weighted by Gasteiger charge is -2.34. The maximum atomic E-state index is 10.8. The van der Waals surface area contributed by atoms with Gasteiger partial charge in [-0.3, -0.25) is 0 Å². The Morgan fingerprint density at radius 1 is 1.29 bits per heavy atom. The first kappa shape index (κ1) is 18.9. The van der Waals surface area contributed by atoms with E-state index in [1.54, 1.807) is 0 Å². The summed E-state index contributed by atoms with van der Waals surface area (Å²) in [5.41, 5.74) is 2.75. The Kier molecular flexibility index (Phi) is 5.64. The second-order valence-corrected chi connectivity index (χ2v) is 7.77. The van der Waals surface area contributed by atoms with Crippen molar-refractivity contribution in [3.05, 3.63) is 28.3 Å². The van der Waals surface area contributed by atoms with E-state index >= 15 is 0 Å². The molecular formula is C20H27ClO3. The van der Waals surface area contributed by atoms with Crippen molar-refractivity contribution >= 4 is 23.5 Å². The molecule has 24 heavy (non-hydrogen) atoms. The summed E-state index contributed by atoms with van der Waals surface area (Å²) < 4.78 is 12.1. The molecule has 0 radical (unpaired) electrons. The van der Waals surface area contributed by atoms with E-state index in [9.17, 15) is 4.79 Å². The van der Waals surface area contributed by atoms with Crippen LogP contribution in [0.5, 0.6) is 11.5 Å². The van der Waals surface area contributed by atoms with Crippen LogP contribution in [-0.4, -0.2) is 18.0 Å². The van der Waals surface area contributed by atoms with Crippen LogP contribution in [0.25, 0.3) is 5.57 Å². The molecule has 0 fully saturated rings. The van der Waals surface area contributed by atoms with Gasteiger partial charge in [0.2, 0.25) is 0 Å². The third-order valence-electron chi connectivity index (χ3n) is 3.94. The third kappa shape index (κ3) is 3.94. The average Bonchev–Trinajstić information content (AvgIpc) is 2.47. The van der Waals surface area contributed by atoms with Gasteiger partial charge in [0.25, 0.3) is 0 Å². The second-order valence-electron chi connectivity index (χ2n) is 7.39. The molecule has 0 aromatic heterocycles. The monoisotopic (exact) mass is 350 g/mol. The van der Waals surface area contributed by atoms with Crippen LogP contribution in [-0.2, 0) is 11.2 Å². The zero-order valence-electron chi connectivity index (χ0n) is 15.4. The largest absolute Gasteiger partial charge is 0.489 e. The molecule has 0 bridgehead atoms. The number of rotatable bonds is 6. The molecular weight excluding hydrogens is 324 g/mol. The molecule has 1 aromatic rings. The smallest absolute Gasteiger partial charge is 0.150 e. The SMILES string of the molecule is CC(C)Oc1c(CCC=O)cc2c(c1Cl)OC(C)(C)C=C2C(C)C. The summed E-state index contributed by atoms with van der Waals surface area (Å²) in [7, 11) is 0. The lowest BCUT2D eigenvalue weighted by atomic mass is 9.86. The van der Waals surface area contributed by atoms with Crippen molar-refractivity contribution in [1.82, 2.24) is 0 Å². The maximum Gasteiger partial charge on any atom is 0.150 e. The molecule has 0 saturated heterocycles. The van der Waals surface area contributed by atoms with Gasteiger partial charge in [-0.1, -0.05) is 25.4 Å². The van der Waals surface area contributed by atoms with Crippen LogP contribution < -0.4 is 9.47 Å². The Morgan fingerprint density at radius 3 is 2.50 bits per heavy atom. The molecule has 2 rings (SSSR count). The summed E-state index contributed by atoms with van der Waals surface area (Å²) in [6.45, 7) is 12.3. The Bertz CT molecular complexity index is 657. The van der Waals surface area contributed by atoms with Crippen LogP contribution in [0, 0.1) is 5.92 Å². The first-order valence-electron chi connectivity index (χ1n) is 8.54. The molecule has 4 heteroatoms. The maximum absolute atomic E-state index is 10.8. The van der Waals surface area contributed by atoms with Crippen LogP contribution in [0.4, 0.5) is 0 Å². The fourth-order valence-electron chi connectivity index (χ4n) is 2.97. The van der Waals surface area contributed by atoms with Crippen LogP contribution >= 0.6 is 11.6 Å². The third-order valence-corrected chi connectivity index (χ3v) is 4.28. The zero-order valence-corrected chi connectivity index (χ0v) is 16.2. The summed E-state index contributed by atoms with van der Waals surface area (Å²) in [6.07, 6.45) is 4.12. The number of aryl methyl sites for hydroxylation is 1. The van der Waals surface area contributed by atoms with Gasteiger partial charge < -0.3 is 14.3 Å². The van der Waals surface area contributed by atoms with E-state index < -0.39 is 5.60 Å². The van der Waals surface area contributed by atoms with Crippen molar-refractivity contribution in [2.75, 3.05) is 0 Å². The summed E-state index contributed by atoms with van der Waals surface area (Å²) in [5.74, 6) is 1.66. The van der Waals surface area contributed by atoms with Gasteiger partial charge in [0.05, 0.1) is 6.10 Å². The van der Waals surface area contributed by atoms with E-state index in [0.29, 0.717) is 35.3 Å². The highest BCUT2D eigenvalue weighted by Gasteiger charge is 2.32. The van der Waals surface area contributed by atoms with E-state index in [2.05, 4.69) is 26.0 Å². The Balaban J connectivity index is 2.66. The van der Waals surface area contributed by atoms with Crippen molar-refractivity contribution in [2.45, 2.75) is 66.1 Å². The number of fused-ring (bicyclic) bond motifs is 1. The number of ether oxygens (including phenoxy) is 2. The number of halogens is 1. The molecule has 1 aliphatic rings. The van der Waals surface area contributed by atoms with E-state index in [1.807, 2.05) is 27.7 Å². The lowest BCUT2D eigenvalue weighted by Crippen LogP contribution is -2.30. The fourth-order valence-corrected chi connectivity index (χ4v) is 3.27. The number of hydrogen-bond acceptors (Lipinski definition) is 3. The molecule has 0 aliphatic carbocycles. The first-order chi connectivity index (χ1) is 11.2. The molecule has 0 amide bonds. The molecule has 0 spiro atoms. The van der Waals surface area contributed by atoms with Crippen molar-refractivity contribution in [3.63, 3.8) is 0 Å². The minimum atomic E-state index is -0.421. The minimum Gasteiger partial charge on any atom is -0.489 e. The number of carbonyl (C=O) groups excluding carboxylic acids is 1. The van der Waals surface area contributed by atoms with E-state index in [4.69, 9.17) is 21.1 Å². The van der Waals surface area contributed by atoms with Gasteiger partial charge in [0, 0.05) is 12.0 Å². The van der Waals surface area contributed by atoms with Crippen molar-refractivity contribution in [1.29, 1.82) is 0 Å². The summed E-state index contributed by atoms with van der Waals surface area (Å²) >= 11 is 6.69. The number of hydrogen-bond donors (Lipinski definition) is 0. The van der Waals surface area contributed by atoms with Crippen molar-refractivity contribution < 1.29 is 14.3 Å². The number of benzene rings is 1. The van der Waals surface area contributed by atoms with Gasteiger partial charge in [-0.15, -0.1) is 0 Å². The van der Waals surface area contributed by atoms with Gasteiger partial charge >= 0.3 is 0 Å². The van der Waals surface area contributed by atoms with Gasteiger partial charge in [-0.25, -0.2) is 0 Å². The van der Waals surface area contributed by atoms with Crippen LogP contribution in [0.3, 0.4) is 0 Å². The van der Waals surface area contributed by atoms with Crippen LogP contribution in [0.15, 0.2) is 12.1 Å². The molecule has 0 N–H and O–H groups in total. The zero-order chi connectivity index (χ0) is 18.1. The standard InChI is InChI=1S/C20H27ClO3/c1-12(2)16-11-20(5,6)24-19-15(16)10-14(8-7-9-22)18(17(19)21)23-13(3)4/h9-13H,7-8H2,1-6H3. The Labute approximate surface area is 150 Å². The van der Waals surface area contributed by atoms with E-state index in [1.165, 1.54) is 5.57 Å². The highest BCUT2D eigenvalue weighted by atomic mass is 35.5. The topological polar surface area (TPSA) is 35.5 Å². The lowest BCUT2D eigenvalue weighted by molar-refractivity contribution is -0.107. The van der Waals surface area contributed by atoms with E-state index in [0.717, 1.165) is 17.4 Å². The molecule has 1 aliphatic heterocycles. The van der Waals surface area contributed by atoms with Crippen molar-refractivity contribution in [3.8, 4) is 11.5 Å². The average molecular weight is 351 g/mol. The molecule has 0 atom stereocenters. The Morgan fingerprint density at radius 2 is 1.96 bits per heavy atom. The molecule has 1 aromatic carbocycles. The first-order valence-corrected chi connectivity index (χ1v) is 8.92. The molecule has 0 saturated carbocycles. The van der Waals surface area contributed by atoms with Gasteiger partial charge in [0.1, 0.15) is 22.7 Å². The summed E-state index contributed by atoms with van der Waals surface area (Å²) in [6, 6.07) is 2.07. The summed E-state index contributed by atoms with van der Waals surface area (Å²) in [4.78, 5) is 10.8. The fraction of sp³-hybridized carbons (Fsp3) is 0.550. The molecule has 0 unspecified atom stereocenters. The normalized spacial score (nSPS) is 15.8. The van der Waals surface area contributed by atoms with Crippen LogP contribution in [0.2, 0.25) is 5.02 Å². The van der Waals surface area contributed by atoms with Crippen LogP contribution in [0.1, 0.15) is 59.1 Å². The quantitative estimate of drug-likeness (QED) is 0.638. The van der Waals surface area contributed by atoms with E-state index in [-0.39, 0.29) is 6.10 Å². The predicted octanol–water partition coefficient (Wildman–Crippen LogP) is 5.47. The molecule has 1 heterocycles. The predicted molar refractivity (Wildman–Crippen MR) is 99.1 cm³/mol. The summed E-state index contributed by atoms with van der Waals surface area (Å²) in [5, 5.41) is 0.501. The molecule has 3 nitrogen and oxygen atoms in total. The highest BCUT2D eigenvalue weighted by Crippen LogP contribution is 2.49. The minimum absolute atomic E-state index is 0.00718. The number of allylic oxidation sites excluding steroid dienone is 1.